The third kappa shape index (κ3) is 1.74. The van der Waals surface area contributed by atoms with Gasteiger partial charge in [-0.3, -0.25) is 4.79 Å². The summed E-state index contributed by atoms with van der Waals surface area (Å²) in [4.78, 5) is 18.8. The molecular weight excluding hydrogens is 190 g/mol. The van der Waals surface area contributed by atoms with Crippen LogP contribution in [0, 0.1) is 0 Å². The first-order chi connectivity index (χ1) is 7.33. The summed E-state index contributed by atoms with van der Waals surface area (Å²) in [5.41, 5.74) is 2.14. The van der Waals surface area contributed by atoms with E-state index in [1.807, 2.05) is 12.1 Å². The van der Waals surface area contributed by atoms with Crippen LogP contribution in [0.5, 0.6) is 0 Å². The molecule has 1 heterocycles. The lowest BCUT2D eigenvalue weighted by atomic mass is 10.1. The summed E-state index contributed by atoms with van der Waals surface area (Å²) in [6.45, 7) is 4.00. The van der Waals surface area contributed by atoms with Crippen molar-refractivity contribution in [3.8, 4) is 0 Å². The Balaban J connectivity index is 2.38. The number of hydrogen-bond acceptors (Lipinski definition) is 2. The van der Waals surface area contributed by atoms with Crippen molar-refractivity contribution in [2.24, 2.45) is 0 Å². The smallest absolute Gasteiger partial charge is 0.253 e. The van der Waals surface area contributed by atoms with E-state index in [0.29, 0.717) is 17.6 Å². The summed E-state index contributed by atoms with van der Waals surface area (Å²) in [5.74, 6) is -0.132. The summed E-state index contributed by atoms with van der Waals surface area (Å²) < 4.78 is 0. The van der Waals surface area contributed by atoms with Crippen molar-refractivity contribution in [2.75, 3.05) is 6.54 Å². The Bertz CT molecular complexity index is 501. The molecule has 2 rings (SSSR count). The molecule has 2 N–H and O–H groups in total. The molecule has 0 unspecified atom stereocenters. The van der Waals surface area contributed by atoms with Crippen molar-refractivity contribution in [2.45, 2.75) is 0 Å². The quantitative estimate of drug-likeness (QED) is 0.739. The average Bonchev–Trinajstić information content (AvgIpc) is 2.73. The van der Waals surface area contributed by atoms with Gasteiger partial charge in [0.15, 0.2) is 0 Å². The van der Waals surface area contributed by atoms with E-state index in [1.165, 1.54) is 0 Å². The van der Waals surface area contributed by atoms with Crippen LogP contribution in [0.15, 0.2) is 37.2 Å². The topological polar surface area (TPSA) is 57.8 Å². The predicted molar refractivity (Wildman–Crippen MR) is 58.6 cm³/mol. The Labute approximate surface area is 87.0 Å². The van der Waals surface area contributed by atoms with Gasteiger partial charge in [-0.2, -0.15) is 0 Å². The molecule has 76 valence electrons. The monoisotopic (exact) mass is 201 g/mol. The maximum atomic E-state index is 11.7. The van der Waals surface area contributed by atoms with Crippen molar-refractivity contribution in [3.05, 3.63) is 42.7 Å². The number of rotatable bonds is 3. The largest absolute Gasteiger partial charge is 0.349 e. The van der Waals surface area contributed by atoms with E-state index >= 15 is 0 Å². The predicted octanol–water partition coefficient (Wildman–Crippen LogP) is 1.48. The Kier molecular flexibility index (Phi) is 2.49. The van der Waals surface area contributed by atoms with Crippen LogP contribution in [-0.4, -0.2) is 22.4 Å². The summed E-state index contributed by atoms with van der Waals surface area (Å²) in [7, 11) is 0. The van der Waals surface area contributed by atoms with Crippen LogP contribution in [-0.2, 0) is 0 Å². The van der Waals surface area contributed by atoms with E-state index < -0.39 is 0 Å². The molecule has 1 amide bonds. The van der Waals surface area contributed by atoms with E-state index in [1.54, 1.807) is 18.5 Å². The lowest BCUT2D eigenvalue weighted by Gasteiger charge is -2.02. The molecule has 0 aliphatic rings. The van der Waals surface area contributed by atoms with Gasteiger partial charge in [0.05, 0.1) is 17.4 Å². The molecule has 0 radical (unpaired) electrons. The Morgan fingerprint density at radius 3 is 3.27 bits per heavy atom. The molecule has 0 saturated heterocycles. The van der Waals surface area contributed by atoms with Gasteiger partial charge in [-0.05, 0) is 12.1 Å². The lowest BCUT2D eigenvalue weighted by molar-refractivity contribution is 0.0959. The van der Waals surface area contributed by atoms with Crippen LogP contribution in [0.2, 0.25) is 0 Å². The molecule has 15 heavy (non-hydrogen) atoms. The van der Waals surface area contributed by atoms with Crippen molar-refractivity contribution in [3.63, 3.8) is 0 Å². The average molecular weight is 201 g/mol. The minimum Gasteiger partial charge on any atom is -0.349 e. The molecule has 1 aromatic carbocycles. The van der Waals surface area contributed by atoms with Crippen LogP contribution in [0.1, 0.15) is 10.4 Å². The number of carbonyl (C=O) groups excluding carboxylic acids is 1. The van der Waals surface area contributed by atoms with Gasteiger partial charge in [-0.1, -0.05) is 12.1 Å². The number of imidazole rings is 1. The maximum absolute atomic E-state index is 11.7. The molecule has 4 nitrogen and oxygen atoms in total. The summed E-state index contributed by atoms with van der Waals surface area (Å²) >= 11 is 0. The fourth-order valence-corrected chi connectivity index (χ4v) is 1.41. The highest BCUT2D eigenvalue weighted by atomic mass is 16.1. The summed E-state index contributed by atoms with van der Waals surface area (Å²) in [5, 5.41) is 2.72. The molecule has 2 aromatic rings. The van der Waals surface area contributed by atoms with E-state index in [-0.39, 0.29) is 5.91 Å². The molecular formula is C11H11N3O. The van der Waals surface area contributed by atoms with Crippen LogP contribution < -0.4 is 5.32 Å². The van der Waals surface area contributed by atoms with Gasteiger partial charge in [-0.25, -0.2) is 4.98 Å². The second-order valence-corrected chi connectivity index (χ2v) is 3.10. The number of amides is 1. The zero-order valence-corrected chi connectivity index (χ0v) is 8.16. The fraction of sp³-hybridized carbons (Fsp3) is 0.0909. The number of aromatic nitrogens is 2. The standard InChI is InChI=1S/C11H11N3O/c1-2-6-12-11(15)8-4-3-5-9-10(8)14-7-13-9/h2-5,7H,1,6H2,(H,12,15)(H,13,14). The number of benzene rings is 1. The molecule has 0 atom stereocenters. The number of nitrogens with one attached hydrogen (secondary N) is 2. The van der Waals surface area contributed by atoms with Gasteiger partial charge >= 0.3 is 0 Å². The second-order valence-electron chi connectivity index (χ2n) is 3.10. The van der Waals surface area contributed by atoms with E-state index in [0.717, 1.165) is 5.52 Å². The lowest BCUT2D eigenvalue weighted by Crippen LogP contribution is -2.23. The molecule has 0 saturated carbocycles. The SMILES string of the molecule is C=CCNC(=O)c1cccc2[nH]cnc12. The summed E-state index contributed by atoms with van der Waals surface area (Å²) in [6.07, 6.45) is 3.22. The molecule has 0 fully saturated rings. The van der Waals surface area contributed by atoms with E-state index in [9.17, 15) is 4.79 Å². The zero-order valence-electron chi connectivity index (χ0n) is 8.16. The van der Waals surface area contributed by atoms with Crippen LogP contribution in [0.25, 0.3) is 11.0 Å². The first kappa shape index (κ1) is 9.45. The highest BCUT2D eigenvalue weighted by Gasteiger charge is 2.09. The molecule has 4 heteroatoms. The first-order valence-electron chi connectivity index (χ1n) is 4.64. The number of aromatic amines is 1. The number of H-pyrrole nitrogens is 1. The van der Waals surface area contributed by atoms with E-state index in [2.05, 4.69) is 21.9 Å². The molecule has 0 aliphatic heterocycles. The number of nitrogens with zero attached hydrogens (tertiary/aromatic N) is 1. The normalized spacial score (nSPS) is 10.1. The van der Waals surface area contributed by atoms with Gasteiger partial charge in [0.25, 0.3) is 5.91 Å². The van der Waals surface area contributed by atoms with Crippen molar-refractivity contribution >= 4 is 16.9 Å². The molecule has 0 aliphatic carbocycles. The number of para-hydroxylation sites is 1. The number of carbonyl (C=O) groups is 1. The third-order valence-corrected chi connectivity index (χ3v) is 2.10. The van der Waals surface area contributed by atoms with Gasteiger partial charge in [0, 0.05) is 6.54 Å². The second kappa shape index (κ2) is 3.96. The maximum Gasteiger partial charge on any atom is 0.253 e. The van der Waals surface area contributed by atoms with Crippen molar-refractivity contribution in [1.29, 1.82) is 0 Å². The minimum absolute atomic E-state index is 0.132. The highest BCUT2D eigenvalue weighted by Crippen LogP contribution is 2.13. The Morgan fingerprint density at radius 2 is 2.47 bits per heavy atom. The minimum atomic E-state index is -0.132. The number of hydrogen-bond donors (Lipinski definition) is 2. The molecule has 0 spiro atoms. The fourth-order valence-electron chi connectivity index (χ4n) is 1.41. The highest BCUT2D eigenvalue weighted by molar-refractivity contribution is 6.04. The van der Waals surface area contributed by atoms with E-state index in [4.69, 9.17) is 0 Å². The van der Waals surface area contributed by atoms with Gasteiger partial charge < -0.3 is 10.3 Å². The van der Waals surface area contributed by atoms with Crippen LogP contribution in [0.4, 0.5) is 0 Å². The van der Waals surface area contributed by atoms with Gasteiger partial charge in [0.1, 0.15) is 5.52 Å². The van der Waals surface area contributed by atoms with Gasteiger partial charge in [0.2, 0.25) is 0 Å². The van der Waals surface area contributed by atoms with Crippen LogP contribution in [0.3, 0.4) is 0 Å². The Morgan fingerprint density at radius 1 is 1.60 bits per heavy atom. The zero-order chi connectivity index (χ0) is 10.7. The molecule has 1 aromatic heterocycles. The molecule has 0 bridgehead atoms. The van der Waals surface area contributed by atoms with Crippen molar-refractivity contribution < 1.29 is 4.79 Å². The van der Waals surface area contributed by atoms with Gasteiger partial charge in [-0.15, -0.1) is 6.58 Å². The van der Waals surface area contributed by atoms with Crippen molar-refractivity contribution in [1.82, 2.24) is 15.3 Å². The third-order valence-electron chi connectivity index (χ3n) is 2.10. The number of fused-ring (bicyclic) bond motifs is 1. The summed E-state index contributed by atoms with van der Waals surface area (Å²) in [6, 6.07) is 5.46. The van der Waals surface area contributed by atoms with Crippen LogP contribution >= 0.6 is 0 Å². The Hall–Kier alpha value is -2.10. The first-order valence-corrected chi connectivity index (χ1v) is 4.64.